The predicted molar refractivity (Wildman–Crippen MR) is 82.4 cm³/mol. The Morgan fingerprint density at radius 1 is 1.21 bits per heavy atom. The van der Waals surface area contributed by atoms with Gasteiger partial charge in [-0.25, -0.2) is 8.42 Å². The van der Waals surface area contributed by atoms with Gasteiger partial charge in [0.25, 0.3) is 0 Å². The Morgan fingerprint density at radius 3 is 2.38 bits per heavy atom. The highest BCUT2D eigenvalue weighted by atomic mass is 35.5. The van der Waals surface area contributed by atoms with Gasteiger partial charge >= 0.3 is 6.18 Å². The van der Waals surface area contributed by atoms with Crippen LogP contribution >= 0.6 is 11.6 Å². The first kappa shape index (κ1) is 20.2. The van der Waals surface area contributed by atoms with E-state index in [-0.39, 0.29) is 17.9 Å². The number of nitrogens with one attached hydrogen (secondary N) is 2. The molecular formula is C13H14ClF3N2O4S. The Labute approximate surface area is 141 Å². The first-order valence-electron chi connectivity index (χ1n) is 6.49. The fraction of sp³-hybridized carbons (Fsp3) is 0.385. The minimum absolute atomic E-state index is 0.137. The Bertz CT molecular complexity index is 735. The summed E-state index contributed by atoms with van der Waals surface area (Å²) < 4.78 is 59.9. The van der Waals surface area contributed by atoms with E-state index in [1.807, 2.05) is 0 Å². The van der Waals surface area contributed by atoms with Crippen molar-refractivity contribution in [1.29, 1.82) is 0 Å². The van der Waals surface area contributed by atoms with E-state index in [4.69, 9.17) is 11.6 Å². The zero-order chi connectivity index (χ0) is 18.5. The third kappa shape index (κ3) is 7.18. The van der Waals surface area contributed by atoms with Gasteiger partial charge in [-0.3, -0.25) is 9.59 Å². The van der Waals surface area contributed by atoms with E-state index in [0.717, 1.165) is 12.3 Å². The summed E-state index contributed by atoms with van der Waals surface area (Å²) in [6.07, 6.45) is -4.02. The molecule has 11 heteroatoms. The van der Waals surface area contributed by atoms with Gasteiger partial charge in [-0.05, 0) is 18.2 Å². The lowest BCUT2D eigenvalue weighted by atomic mass is 10.2. The number of carbonyl (C=O) groups excluding carboxylic acids is 2. The smallest absolute Gasteiger partial charge is 0.347 e. The maximum Gasteiger partial charge on any atom is 0.417 e. The molecule has 134 valence electrons. The normalized spacial score (nSPS) is 11.9. The number of rotatable bonds is 6. The Balaban J connectivity index is 2.58. The molecule has 2 N–H and O–H groups in total. The fourth-order valence-electron chi connectivity index (χ4n) is 1.57. The first-order chi connectivity index (χ1) is 10.9. The molecule has 0 aromatic heterocycles. The van der Waals surface area contributed by atoms with Gasteiger partial charge in [-0.15, -0.1) is 0 Å². The highest BCUT2D eigenvalue weighted by molar-refractivity contribution is 7.90. The number of carbonyl (C=O) groups is 2. The van der Waals surface area contributed by atoms with E-state index < -0.39 is 45.0 Å². The molecule has 0 saturated carbocycles. The van der Waals surface area contributed by atoms with Crippen LogP contribution in [0.3, 0.4) is 0 Å². The molecule has 1 aromatic carbocycles. The first-order valence-corrected chi connectivity index (χ1v) is 8.93. The summed E-state index contributed by atoms with van der Waals surface area (Å²) in [4.78, 5) is 23.0. The molecule has 2 amide bonds. The molecule has 0 bridgehead atoms. The molecule has 0 aliphatic heterocycles. The average molecular weight is 387 g/mol. The maximum atomic E-state index is 12.7. The second-order valence-corrected chi connectivity index (χ2v) is 7.56. The van der Waals surface area contributed by atoms with E-state index >= 15 is 0 Å². The third-order valence-electron chi connectivity index (χ3n) is 2.70. The molecule has 0 unspecified atom stereocenters. The second kappa shape index (κ2) is 7.84. The number of amides is 2. The third-order valence-corrected chi connectivity index (χ3v) is 3.98. The van der Waals surface area contributed by atoms with Crippen LogP contribution in [0, 0.1) is 0 Å². The molecule has 0 saturated heterocycles. The molecule has 1 aromatic rings. The van der Waals surface area contributed by atoms with Gasteiger partial charge in [0.1, 0.15) is 9.84 Å². The number of halogens is 4. The summed E-state index contributed by atoms with van der Waals surface area (Å²) in [6.45, 7) is -0.507. The van der Waals surface area contributed by atoms with Crippen molar-refractivity contribution in [2.45, 2.75) is 12.6 Å². The summed E-state index contributed by atoms with van der Waals surface area (Å²) in [5.74, 6) is -1.80. The van der Waals surface area contributed by atoms with E-state index in [1.54, 1.807) is 0 Å². The molecule has 0 atom stereocenters. The van der Waals surface area contributed by atoms with Crippen LogP contribution in [-0.2, 0) is 25.6 Å². The van der Waals surface area contributed by atoms with Gasteiger partial charge in [-0.1, -0.05) is 11.6 Å². The highest BCUT2D eigenvalue weighted by Crippen LogP contribution is 2.36. The van der Waals surface area contributed by atoms with Crippen LogP contribution in [0.4, 0.5) is 18.9 Å². The molecule has 6 nitrogen and oxygen atoms in total. The van der Waals surface area contributed by atoms with Crippen molar-refractivity contribution in [3.05, 3.63) is 28.8 Å². The van der Waals surface area contributed by atoms with Gasteiger partial charge < -0.3 is 10.6 Å². The summed E-state index contributed by atoms with van der Waals surface area (Å²) >= 11 is 5.45. The van der Waals surface area contributed by atoms with Crippen LogP contribution < -0.4 is 10.6 Å². The summed E-state index contributed by atoms with van der Waals surface area (Å²) in [7, 11) is -3.31. The van der Waals surface area contributed by atoms with Crippen LogP contribution in [0.5, 0.6) is 0 Å². The molecule has 0 spiro atoms. The summed E-state index contributed by atoms with van der Waals surface area (Å²) in [5, 5.41) is 3.84. The Kier molecular flexibility index (Phi) is 6.61. The lowest BCUT2D eigenvalue weighted by Gasteiger charge is -2.12. The molecule has 0 fully saturated rings. The van der Waals surface area contributed by atoms with Crippen molar-refractivity contribution in [2.75, 3.05) is 23.9 Å². The molecule has 1 rings (SSSR count). The molecule has 0 aliphatic rings. The van der Waals surface area contributed by atoms with Gasteiger partial charge in [0.2, 0.25) is 11.8 Å². The average Bonchev–Trinajstić information content (AvgIpc) is 2.43. The number of hydrogen-bond acceptors (Lipinski definition) is 4. The van der Waals surface area contributed by atoms with Crippen LogP contribution in [0.1, 0.15) is 12.0 Å². The number of alkyl halides is 3. The monoisotopic (exact) mass is 386 g/mol. The van der Waals surface area contributed by atoms with E-state index in [9.17, 15) is 31.2 Å². The minimum atomic E-state index is -4.67. The summed E-state index contributed by atoms with van der Waals surface area (Å²) in [5.41, 5.74) is -1.23. The van der Waals surface area contributed by atoms with Crippen molar-refractivity contribution in [1.82, 2.24) is 5.32 Å². The molecule has 0 aliphatic carbocycles. The van der Waals surface area contributed by atoms with Gasteiger partial charge in [0.05, 0.1) is 22.9 Å². The second-order valence-electron chi connectivity index (χ2n) is 4.90. The standard InChI is InChI=1S/C13H14ClF3N2O4S/c1-24(22,23)5-4-11(20)18-7-12(21)19-8-2-3-10(14)9(6-8)13(15,16)17/h2-3,6H,4-5,7H2,1H3,(H,18,20)(H,19,21). The minimum Gasteiger partial charge on any atom is -0.347 e. The zero-order valence-electron chi connectivity index (χ0n) is 12.4. The number of hydrogen-bond donors (Lipinski definition) is 2. The van der Waals surface area contributed by atoms with Gasteiger partial charge in [0, 0.05) is 18.4 Å². The van der Waals surface area contributed by atoms with Crippen LogP contribution in [0.25, 0.3) is 0 Å². The van der Waals surface area contributed by atoms with Crippen molar-refractivity contribution in [3.63, 3.8) is 0 Å². The predicted octanol–water partition coefficient (Wildman–Crippen LogP) is 1.85. The lowest BCUT2D eigenvalue weighted by Crippen LogP contribution is -2.33. The van der Waals surface area contributed by atoms with Crippen molar-refractivity contribution in [2.24, 2.45) is 0 Å². The highest BCUT2D eigenvalue weighted by Gasteiger charge is 2.33. The molecule has 0 radical (unpaired) electrons. The summed E-state index contributed by atoms with van der Waals surface area (Å²) in [6, 6.07) is 2.84. The molecule has 24 heavy (non-hydrogen) atoms. The van der Waals surface area contributed by atoms with E-state index in [2.05, 4.69) is 10.6 Å². The lowest BCUT2D eigenvalue weighted by molar-refractivity contribution is -0.137. The Hall–Kier alpha value is -1.81. The fourth-order valence-corrected chi connectivity index (χ4v) is 2.35. The number of sulfone groups is 1. The maximum absolute atomic E-state index is 12.7. The zero-order valence-corrected chi connectivity index (χ0v) is 14.0. The van der Waals surface area contributed by atoms with Crippen LogP contribution in [0.2, 0.25) is 5.02 Å². The van der Waals surface area contributed by atoms with Crippen LogP contribution in [-0.4, -0.2) is 38.8 Å². The van der Waals surface area contributed by atoms with Crippen molar-refractivity contribution in [3.8, 4) is 0 Å². The number of benzene rings is 1. The largest absolute Gasteiger partial charge is 0.417 e. The van der Waals surface area contributed by atoms with E-state index in [0.29, 0.717) is 6.07 Å². The van der Waals surface area contributed by atoms with Crippen molar-refractivity contribution >= 4 is 38.9 Å². The van der Waals surface area contributed by atoms with Gasteiger partial charge in [0.15, 0.2) is 0 Å². The Morgan fingerprint density at radius 2 is 1.83 bits per heavy atom. The number of anilines is 1. The van der Waals surface area contributed by atoms with Gasteiger partial charge in [-0.2, -0.15) is 13.2 Å². The van der Waals surface area contributed by atoms with Crippen molar-refractivity contribution < 1.29 is 31.2 Å². The SMILES string of the molecule is CS(=O)(=O)CCC(=O)NCC(=O)Nc1ccc(Cl)c(C(F)(F)F)c1. The quantitative estimate of drug-likeness (QED) is 0.780. The van der Waals surface area contributed by atoms with Crippen LogP contribution in [0.15, 0.2) is 18.2 Å². The molecule has 0 heterocycles. The molecular weight excluding hydrogens is 373 g/mol. The topological polar surface area (TPSA) is 92.3 Å². The van der Waals surface area contributed by atoms with E-state index in [1.165, 1.54) is 6.07 Å².